The van der Waals surface area contributed by atoms with Gasteiger partial charge in [0.25, 0.3) is 0 Å². The molecule has 0 bridgehead atoms. The van der Waals surface area contributed by atoms with E-state index in [-0.39, 0.29) is 6.10 Å². The average molecular weight is 340 g/mol. The summed E-state index contributed by atoms with van der Waals surface area (Å²) < 4.78 is 19.2. The normalized spacial score (nSPS) is 24.2. The highest BCUT2D eigenvalue weighted by molar-refractivity contribution is 7.86. The van der Waals surface area contributed by atoms with E-state index in [1.807, 2.05) is 73.7 Å². The second kappa shape index (κ2) is 7.45. The van der Waals surface area contributed by atoms with E-state index < -0.39 is 15.7 Å². The molecule has 1 aliphatic rings. The van der Waals surface area contributed by atoms with Gasteiger partial charge in [-0.15, -0.1) is 0 Å². The van der Waals surface area contributed by atoms with Crippen molar-refractivity contribution in [3.05, 3.63) is 71.8 Å². The zero-order valence-electron chi connectivity index (χ0n) is 14.3. The Hall–Kier alpha value is -1.71. The Labute approximate surface area is 147 Å². The van der Waals surface area contributed by atoms with Crippen LogP contribution in [0.25, 0.3) is 6.08 Å². The number of ether oxygens (including phenoxy) is 1. The molecule has 0 N–H and O–H groups in total. The van der Waals surface area contributed by atoms with Crippen molar-refractivity contribution in [1.82, 2.24) is 0 Å². The fourth-order valence-corrected chi connectivity index (χ4v) is 4.34. The first-order chi connectivity index (χ1) is 11.7. The minimum atomic E-state index is -1.21. The smallest absolute Gasteiger partial charge is 0.192 e. The lowest BCUT2D eigenvalue weighted by molar-refractivity contribution is 0.362. The molecular formula is C21H24O2S. The fraction of sp³-hybridized carbons (Fsp3) is 0.333. The van der Waals surface area contributed by atoms with Crippen LogP contribution >= 0.6 is 0 Å². The monoisotopic (exact) mass is 340 g/mol. The van der Waals surface area contributed by atoms with Crippen LogP contribution in [0, 0.1) is 6.92 Å². The highest BCUT2D eigenvalue weighted by Gasteiger charge is 2.59. The summed E-state index contributed by atoms with van der Waals surface area (Å²) in [5.41, 5.74) is 2.27. The second-order valence-electron chi connectivity index (χ2n) is 6.30. The molecule has 126 valence electrons. The zero-order valence-corrected chi connectivity index (χ0v) is 15.1. The van der Waals surface area contributed by atoms with Crippen LogP contribution in [0.1, 0.15) is 37.3 Å². The van der Waals surface area contributed by atoms with Gasteiger partial charge in [0.2, 0.25) is 0 Å². The van der Waals surface area contributed by atoms with Gasteiger partial charge in [0.1, 0.15) is 6.10 Å². The largest absolute Gasteiger partial charge is 0.347 e. The van der Waals surface area contributed by atoms with Crippen LogP contribution in [-0.2, 0) is 15.5 Å². The quantitative estimate of drug-likeness (QED) is 0.656. The molecule has 1 saturated heterocycles. The van der Waals surface area contributed by atoms with Crippen molar-refractivity contribution in [2.24, 2.45) is 0 Å². The number of hydrogen-bond acceptors (Lipinski definition) is 2. The lowest BCUT2D eigenvalue weighted by Gasteiger charge is -2.09. The summed E-state index contributed by atoms with van der Waals surface area (Å²) in [6.07, 6.45) is 7.23. The van der Waals surface area contributed by atoms with E-state index >= 15 is 0 Å². The molecule has 2 aromatic rings. The van der Waals surface area contributed by atoms with Gasteiger partial charge in [-0.1, -0.05) is 73.9 Å². The first-order valence-corrected chi connectivity index (χ1v) is 9.71. The fourth-order valence-electron chi connectivity index (χ4n) is 2.83. The summed E-state index contributed by atoms with van der Waals surface area (Å²) in [5.74, 6) is 0. The SMILES string of the molecule is CCCC[C@H]1O[C@]1(/C=C/c1ccccc1)[S@@](=O)c1ccc(C)cc1. The highest BCUT2D eigenvalue weighted by atomic mass is 32.2. The van der Waals surface area contributed by atoms with Crippen molar-refractivity contribution in [2.45, 2.75) is 49.0 Å². The molecule has 0 aliphatic carbocycles. The number of unbranched alkanes of at least 4 members (excludes halogenated alkanes) is 1. The van der Waals surface area contributed by atoms with E-state index in [0.717, 1.165) is 29.7 Å². The van der Waals surface area contributed by atoms with Crippen LogP contribution in [0.5, 0.6) is 0 Å². The molecule has 2 aromatic carbocycles. The van der Waals surface area contributed by atoms with Crippen LogP contribution < -0.4 is 0 Å². The lowest BCUT2D eigenvalue weighted by Crippen LogP contribution is -2.19. The van der Waals surface area contributed by atoms with Gasteiger partial charge >= 0.3 is 0 Å². The Kier molecular flexibility index (Phi) is 5.32. The standard InChI is InChI=1S/C21H24O2S/c1-3-4-10-20-21(23-20,16-15-18-8-6-5-7-9-18)24(22)19-13-11-17(2)12-14-19/h5-9,11-16,20H,3-4,10H2,1-2H3/b16-15+/t20-,21-,24+/m1/s1. The number of benzene rings is 2. The van der Waals surface area contributed by atoms with Gasteiger partial charge in [-0.3, -0.25) is 4.21 Å². The Bertz CT molecular complexity index is 721. The van der Waals surface area contributed by atoms with Crippen molar-refractivity contribution in [3.8, 4) is 0 Å². The zero-order chi connectivity index (χ0) is 17.0. The molecule has 0 radical (unpaired) electrons. The number of rotatable bonds is 7. The molecule has 3 atom stereocenters. The van der Waals surface area contributed by atoms with Gasteiger partial charge in [0.05, 0.1) is 10.8 Å². The first-order valence-electron chi connectivity index (χ1n) is 8.56. The maximum atomic E-state index is 13.2. The van der Waals surface area contributed by atoms with Gasteiger partial charge < -0.3 is 4.74 Å². The molecular weight excluding hydrogens is 316 g/mol. The summed E-state index contributed by atoms with van der Waals surface area (Å²) in [6.45, 7) is 4.20. The van der Waals surface area contributed by atoms with E-state index in [9.17, 15) is 4.21 Å². The van der Waals surface area contributed by atoms with Gasteiger partial charge in [0.15, 0.2) is 4.93 Å². The van der Waals surface area contributed by atoms with Crippen LogP contribution in [0.2, 0.25) is 0 Å². The molecule has 1 heterocycles. The van der Waals surface area contributed by atoms with E-state index in [4.69, 9.17) is 4.74 Å². The minimum absolute atomic E-state index is 0.0412. The van der Waals surface area contributed by atoms with Crippen LogP contribution in [-0.4, -0.2) is 15.2 Å². The molecule has 0 saturated carbocycles. The first kappa shape index (κ1) is 17.1. The Morgan fingerprint density at radius 3 is 2.50 bits per heavy atom. The third-order valence-electron chi connectivity index (χ3n) is 4.37. The van der Waals surface area contributed by atoms with Gasteiger partial charge in [0, 0.05) is 4.90 Å². The van der Waals surface area contributed by atoms with Crippen LogP contribution in [0.3, 0.4) is 0 Å². The van der Waals surface area contributed by atoms with Crippen LogP contribution in [0.15, 0.2) is 65.6 Å². The van der Waals surface area contributed by atoms with Crippen molar-refractivity contribution in [1.29, 1.82) is 0 Å². The maximum Gasteiger partial charge on any atom is 0.192 e. The Balaban J connectivity index is 1.85. The van der Waals surface area contributed by atoms with Crippen molar-refractivity contribution >= 4 is 16.9 Å². The van der Waals surface area contributed by atoms with E-state index in [2.05, 4.69) is 6.92 Å². The predicted octanol–water partition coefficient (Wildman–Crippen LogP) is 5.10. The average Bonchev–Trinajstić information content (AvgIpc) is 3.33. The molecule has 1 aliphatic heterocycles. The van der Waals surface area contributed by atoms with E-state index in [1.54, 1.807) is 0 Å². The lowest BCUT2D eigenvalue weighted by atomic mass is 10.1. The van der Waals surface area contributed by atoms with Gasteiger partial charge in [-0.25, -0.2) is 0 Å². The van der Waals surface area contributed by atoms with Gasteiger partial charge in [-0.05, 0) is 37.1 Å². The van der Waals surface area contributed by atoms with E-state index in [1.165, 1.54) is 5.56 Å². The summed E-state index contributed by atoms with van der Waals surface area (Å²) in [6, 6.07) is 18.0. The highest BCUT2D eigenvalue weighted by Crippen LogP contribution is 2.46. The van der Waals surface area contributed by atoms with Crippen LogP contribution in [0.4, 0.5) is 0 Å². The molecule has 1 fully saturated rings. The number of aryl methyl sites for hydroxylation is 1. The molecule has 0 spiro atoms. The third-order valence-corrected chi connectivity index (χ3v) is 6.15. The summed E-state index contributed by atoms with van der Waals surface area (Å²) in [7, 11) is -1.21. The topological polar surface area (TPSA) is 29.6 Å². The summed E-state index contributed by atoms with van der Waals surface area (Å²) >= 11 is 0. The molecule has 3 rings (SSSR count). The number of hydrogen-bond donors (Lipinski definition) is 0. The predicted molar refractivity (Wildman–Crippen MR) is 100 cm³/mol. The van der Waals surface area contributed by atoms with Crippen molar-refractivity contribution in [3.63, 3.8) is 0 Å². The molecule has 2 nitrogen and oxygen atoms in total. The van der Waals surface area contributed by atoms with Crippen molar-refractivity contribution in [2.75, 3.05) is 0 Å². The summed E-state index contributed by atoms with van der Waals surface area (Å²) in [4.78, 5) is 0.151. The summed E-state index contributed by atoms with van der Waals surface area (Å²) in [5, 5.41) is 0. The maximum absolute atomic E-state index is 13.2. The third kappa shape index (κ3) is 3.68. The number of epoxide rings is 1. The molecule has 24 heavy (non-hydrogen) atoms. The molecule has 0 aromatic heterocycles. The van der Waals surface area contributed by atoms with E-state index in [0.29, 0.717) is 0 Å². The molecule has 0 amide bonds. The van der Waals surface area contributed by atoms with Crippen molar-refractivity contribution < 1.29 is 8.95 Å². The molecule has 3 heteroatoms. The molecule has 0 unspecified atom stereocenters. The van der Waals surface area contributed by atoms with Gasteiger partial charge in [-0.2, -0.15) is 0 Å². The minimum Gasteiger partial charge on any atom is -0.347 e. The second-order valence-corrected chi connectivity index (χ2v) is 7.94. The Morgan fingerprint density at radius 2 is 1.83 bits per heavy atom. The Morgan fingerprint density at radius 1 is 1.12 bits per heavy atom.